The minimum atomic E-state index is -0.536. The van der Waals surface area contributed by atoms with Crippen LogP contribution in [0.4, 0.5) is 0 Å². The van der Waals surface area contributed by atoms with Gasteiger partial charge in [-0.2, -0.15) is 0 Å². The fraction of sp³-hybridized carbons (Fsp3) is 0.476. The van der Waals surface area contributed by atoms with Crippen LogP contribution in [0.2, 0.25) is 0 Å². The highest BCUT2D eigenvalue weighted by atomic mass is 16.5. The SMILES string of the molecule is C/C=C(/CO)[C@H]1C[C@@H]2c3[nH]c4ccccc4c3C[C@H]3N2C(=O)[C@@]13COC. The Kier molecular flexibility index (Phi) is 3.37. The molecule has 0 radical (unpaired) electrons. The zero-order valence-electron chi connectivity index (χ0n) is 15.2. The van der Waals surface area contributed by atoms with E-state index in [1.54, 1.807) is 7.11 Å². The number of β-lactam (4-membered cyclic amide) rings is 1. The molecule has 5 heteroatoms. The van der Waals surface area contributed by atoms with Crippen LogP contribution in [0.5, 0.6) is 0 Å². The fourth-order valence-corrected chi connectivity index (χ4v) is 5.83. The number of piperidine rings is 2. The second-order valence-corrected chi connectivity index (χ2v) is 7.79. The maximum absolute atomic E-state index is 13.3. The van der Waals surface area contributed by atoms with Crippen LogP contribution in [0.1, 0.15) is 30.6 Å². The van der Waals surface area contributed by atoms with E-state index in [1.807, 2.05) is 19.1 Å². The van der Waals surface area contributed by atoms with E-state index in [1.165, 1.54) is 16.6 Å². The van der Waals surface area contributed by atoms with Gasteiger partial charge in [0.1, 0.15) is 0 Å². The van der Waals surface area contributed by atoms with Crippen molar-refractivity contribution in [2.75, 3.05) is 20.3 Å². The van der Waals surface area contributed by atoms with Crippen LogP contribution >= 0.6 is 0 Å². The third-order valence-corrected chi connectivity index (χ3v) is 6.94. The number of amides is 1. The number of hydrogen-bond acceptors (Lipinski definition) is 3. The van der Waals surface area contributed by atoms with Gasteiger partial charge >= 0.3 is 0 Å². The van der Waals surface area contributed by atoms with Crippen LogP contribution in [-0.2, 0) is 16.0 Å². The Morgan fingerprint density at radius 3 is 3.00 bits per heavy atom. The summed E-state index contributed by atoms with van der Waals surface area (Å²) in [4.78, 5) is 18.9. The molecule has 26 heavy (non-hydrogen) atoms. The molecule has 5 heterocycles. The molecule has 1 amide bonds. The molecule has 4 aliphatic heterocycles. The van der Waals surface area contributed by atoms with E-state index in [0.29, 0.717) is 6.61 Å². The Balaban J connectivity index is 1.69. The van der Waals surface area contributed by atoms with E-state index < -0.39 is 5.41 Å². The van der Waals surface area contributed by atoms with E-state index in [9.17, 15) is 9.90 Å². The van der Waals surface area contributed by atoms with Crippen molar-refractivity contribution in [3.05, 3.63) is 47.2 Å². The maximum atomic E-state index is 13.3. The molecular formula is C21H24N2O3. The van der Waals surface area contributed by atoms with Crippen molar-refractivity contribution in [2.24, 2.45) is 11.3 Å². The van der Waals surface area contributed by atoms with Gasteiger partial charge in [-0.05, 0) is 37.0 Å². The first-order chi connectivity index (χ1) is 12.7. The molecule has 4 bridgehead atoms. The van der Waals surface area contributed by atoms with E-state index in [4.69, 9.17) is 4.74 Å². The number of H-pyrrole nitrogens is 1. The molecule has 2 N–H and O–H groups in total. The number of para-hydroxylation sites is 1. The molecule has 5 nitrogen and oxygen atoms in total. The van der Waals surface area contributed by atoms with E-state index in [0.717, 1.165) is 23.9 Å². The Labute approximate surface area is 152 Å². The summed E-state index contributed by atoms with van der Waals surface area (Å²) in [6.07, 6.45) is 3.67. The standard InChI is InChI=1S/C21H24N2O3/c1-3-12(10-24)15-9-17-19-14(13-6-4-5-7-16(13)22-19)8-18-21(15,11-26-2)20(25)23(17)18/h3-7,15,17-18,22,24H,8-11H2,1-2H3/b12-3-/t15-,17-,18-,21+/m1/s1. The average molecular weight is 352 g/mol. The predicted octanol–water partition coefficient (Wildman–Crippen LogP) is 2.57. The molecule has 1 aromatic heterocycles. The summed E-state index contributed by atoms with van der Waals surface area (Å²) in [5.74, 6) is 0.215. The van der Waals surface area contributed by atoms with Crippen LogP contribution < -0.4 is 0 Å². The smallest absolute Gasteiger partial charge is 0.234 e. The van der Waals surface area contributed by atoms with Gasteiger partial charge in [-0.15, -0.1) is 0 Å². The van der Waals surface area contributed by atoms with Crippen molar-refractivity contribution in [3.63, 3.8) is 0 Å². The number of methoxy groups -OCH3 is 1. The molecule has 3 saturated heterocycles. The molecule has 2 aromatic rings. The minimum absolute atomic E-state index is 0.00108. The molecule has 3 fully saturated rings. The number of ether oxygens (including phenoxy) is 1. The van der Waals surface area contributed by atoms with Crippen molar-refractivity contribution in [1.29, 1.82) is 0 Å². The summed E-state index contributed by atoms with van der Waals surface area (Å²) in [5.41, 5.74) is 4.10. The van der Waals surface area contributed by atoms with Gasteiger partial charge in [0.05, 0.1) is 30.7 Å². The number of aliphatic hydroxyl groups excluding tert-OH is 1. The normalized spacial score (nSPS) is 32.6. The number of aromatic nitrogens is 1. The third kappa shape index (κ3) is 1.70. The summed E-state index contributed by atoms with van der Waals surface area (Å²) in [7, 11) is 1.67. The van der Waals surface area contributed by atoms with Crippen LogP contribution in [0.15, 0.2) is 35.9 Å². The Morgan fingerprint density at radius 1 is 1.46 bits per heavy atom. The number of nitrogens with zero attached hydrogens (tertiary/aromatic N) is 1. The first-order valence-corrected chi connectivity index (χ1v) is 9.34. The lowest BCUT2D eigenvalue weighted by molar-refractivity contribution is -0.214. The van der Waals surface area contributed by atoms with Crippen molar-refractivity contribution in [3.8, 4) is 0 Å². The van der Waals surface area contributed by atoms with E-state index >= 15 is 0 Å². The zero-order valence-corrected chi connectivity index (χ0v) is 15.2. The second-order valence-electron chi connectivity index (χ2n) is 7.79. The summed E-state index contributed by atoms with van der Waals surface area (Å²) in [5, 5.41) is 11.2. The number of hydrogen-bond donors (Lipinski definition) is 2. The van der Waals surface area contributed by atoms with Gasteiger partial charge in [0.15, 0.2) is 0 Å². The van der Waals surface area contributed by atoms with Gasteiger partial charge < -0.3 is 19.7 Å². The quantitative estimate of drug-likeness (QED) is 0.657. The first-order valence-electron chi connectivity index (χ1n) is 9.34. The molecule has 0 spiro atoms. The molecule has 6 rings (SSSR count). The molecule has 4 aliphatic rings. The van der Waals surface area contributed by atoms with Gasteiger partial charge in [-0.1, -0.05) is 24.3 Å². The summed E-state index contributed by atoms with van der Waals surface area (Å²) in [6.45, 7) is 2.37. The first kappa shape index (κ1) is 16.1. The number of carbonyl (C=O) groups is 1. The minimum Gasteiger partial charge on any atom is -0.392 e. The lowest BCUT2D eigenvalue weighted by Gasteiger charge is -2.68. The van der Waals surface area contributed by atoms with Gasteiger partial charge in [-0.3, -0.25) is 4.79 Å². The number of nitrogens with one attached hydrogen (secondary N) is 1. The van der Waals surface area contributed by atoms with E-state index in [-0.39, 0.29) is 30.5 Å². The lowest BCUT2D eigenvalue weighted by atomic mass is 9.51. The van der Waals surface area contributed by atoms with Gasteiger partial charge in [0.25, 0.3) is 0 Å². The molecule has 136 valence electrons. The molecule has 0 unspecified atom stereocenters. The number of benzene rings is 1. The molecule has 0 saturated carbocycles. The summed E-state index contributed by atoms with van der Waals surface area (Å²) in [6, 6.07) is 8.60. The van der Waals surface area contributed by atoms with Crippen molar-refractivity contribution in [2.45, 2.75) is 31.8 Å². The summed E-state index contributed by atoms with van der Waals surface area (Å²) >= 11 is 0. The number of fused-ring (bicyclic) bond motifs is 4. The van der Waals surface area contributed by atoms with Gasteiger partial charge in [0.2, 0.25) is 5.91 Å². The van der Waals surface area contributed by atoms with E-state index in [2.05, 4.69) is 28.1 Å². The Hall–Kier alpha value is -2.11. The number of aliphatic hydroxyl groups is 1. The van der Waals surface area contributed by atoms with Crippen LogP contribution in [-0.4, -0.2) is 47.3 Å². The Bertz CT molecular complexity index is 930. The highest BCUT2D eigenvalue weighted by Crippen LogP contribution is 2.63. The van der Waals surface area contributed by atoms with Crippen LogP contribution in [0.25, 0.3) is 10.9 Å². The highest BCUT2D eigenvalue weighted by Gasteiger charge is 2.71. The Morgan fingerprint density at radius 2 is 2.27 bits per heavy atom. The fourth-order valence-electron chi connectivity index (χ4n) is 5.83. The van der Waals surface area contributed by atoms with Gasteiger partial charge in [0, 0.05) is 29.6 Å². The predicted molar refractivity (Wildman–Crippen MR) is 98.6 cm³/mol. The molecule has 1 aromatic carbocycles. The molecular weight excluding hydrogens is 328 g/mol. The van der Waals surface area contributed by atoms with Crippen molar-refractivity contribution >= 4 is 16.8 Å². The molecule has 0 aliphatic carbocycles. The number of aromatic amines is 1. The molecule has 4 atom stereocenters. The average Bonchev–Trinajstić information content (AvgIpc) is 3.04. The topological polar surface area (TPSA) is 65.6 Å². The number of allylic oxidation sites excluding steroid dienone is 1. The largest absolute Gasteiger partial charge is 0.392 e. The van der Waals surface area contributed by atoms with Crippen LogP contribution in [0, 0.1) is 11.3 Å². The van der Waals surface area contributed by atoms with Gasteiger partial charge in [-0.25, -0.2) is 0 Å². The maximum Gasteiger partial charge on any atom is 0.234 e. The van der Waals surface area contributed by atoms with Crippen molar-refractivity contribution in [1.82, 2.24) is 9.88 Å². The number of carbonyl (C=O) groups excluding carboxylic acids is 1. The van der Waals surface area contributed by atoms with Crippen LogP contribution in [0.3, 0.4) is 0 Å². The van der Waals surface area contributed by atoms with Crippen molar-refractivity contribution < 1.29 is 14.6 Å². The summed E-state index contributed by atoms with van der Waals surface area (Å²) < 4.78 is 5.55. The lowest BCUT2D eigenvalue weighted by Crippen LogP contribution is -2.79. The monoisotopic (exact) mass is 352 g/mol. The zero-order chi connectivity index (χ0) is 18.1. The number of rotatable bonds is 4. The highest BCUT2D eigenvalue weighted by molar-refractivity contribution is 5.95. The third-order valence-electron chi connectivity index (χ3n) is 6.94. The second kappa shape index (κ2) is 5.44.